The fourth-order valence-corrected chi connectivity index (χ4v) is 2.05. The fraction of sp³-hybridized carbons (Fsp3) is 0.846. The molecule has 15 heavy (non-hydrogen) atoms. The van der Waals surface area contributed by atoms with Gasteiger partial charge in [0.05, 0.1) is 0 Å². The first-order valence-electron chi connectivity index (χ1n) is 5.94. The van der Waals surface area contributed by atoms with E-state index in [0.717, 1.165) is 32.4 Å². The Balaban J connectivity index is 4.24. The van der Waals surface area contributed by atoms with Gasteiger partial charge in [0, 0.05) is 18.0 Å². The molecular formula is C13H26N2. The first kappa shape index (κ1) is 14.5. The van der Waals surface area contributed by atoms with Crippen molar-refractivity contribution in [2.45, 2.75) is 58.5 Å². The second kappa shape index (κ2) is 6.87. The predicted molar refractivity (Wildman–Crippen MR) is 67.7 cm³/mol. The largest absolute Gasteiger partial charge is 0.326 e. The first-order valence-corrected chi connectivity index (χ1v) is 5.94. The quantitative estimate of drug-likeness (QED) is 0.516. The molecule has 88 valence electrons. The van der Waals surface area contributed by atoms with Crippen LogP contribution in [0.2, 0.25) is 0 Å². The zero-order chi connectivity index (χ0) is 11.9. The van der Waals surface area contributed by atoms with Gasteiger partial charge in [-0.15, -0.1) is 12.3 Å². The molecule has 0 fully saturated rings. The van der Waals surface area contributed by atoms with Crippen molar-refractivity contribution in [1.29, 1.82) is 0 Å². The van der Waals surface area contributed by atoms with E-state index in [-0.39, 0.29) is 11.6 Å². The summed E-state index contributed by atoms with van der Waals surface area (Å²) >= 11 is 0. The highest BCUT2D eigenvalue weighted by Crippen LogP contribution is 2.20. The van der Waals surface area contributed by atoms with E-state index in [1.807, 2.05) is 0 Å². The molecule has 0 amide bonds. The first-order chi connectivity index (χ1) is 7.00. The van der Waals surface area contributed by atoms with Crippen LogP contribution in [0.4, 0.5) is 0 Å². The Kier molecular flexibility index (Phi) is 6.63. The third-order valence-electron chi connectivity index (χ3n) is 3.32. The van der Waals surface area contributed by atoms with Crippen LogP contribution in [0.5, 0.6) is 0 Å². The van der Waals surface area contributed by atoms with Gasteiger partial charge in [0.15, 0.2) is 0 Å². The molecule has 0 spiro atoms. The summed E-state index contributed by atoms with van der Waals surface area (Å²) in [7, 11) is 0. The summed E-state index contributed by atoms with van der Waals surface area (Å²) in [4.78, 5) is 2.41. The standard InChI is InChI=1S/C13H26N2/c1-6-9-10-11-12(14)13(4,5)15(7-2)8-3/h1,12H,7-11,14H2,2-5H3. The second-order valence-corrected chi connectivity index (χ2v) is 4.53. The van der Waals surface area contributed by atoms with Crippen molar-refractivity contribution >= 4 is 0 Å². The highest BCUT2D eigenvalue weighted by atomic mass is 15.2. The normalized spacial score (nSPS) is 13.9. The average molecular weight is 210 g/mol. The molecular weight excluding hydrogens is 184 g/mol. The van der Waals surface area contributed by atoms with E-state index in [2.05, 4.69) is 38.5 Å². The molecule has 0 radical (unpaired) electrons. The number of nitrogens with zero attached hydrogens (tertiary/aromatic N) is 1. The minimum absolute atomic E-state index is 0.0676. The van der Waals surface area contributed by atoms with Gasteiger partial charge in [0.2, 0.25) is 0 Å². The van der Waals surface area contributed by atoms with Crippen molar-refractivity contribution in [1.82, 2.24) is 4.90 Å². The van der Waals surface area contributed by atoms with E-state index in [1.165, 1.54) is 0 Å². The van der Waals surface area contributed by atoms with E-state index < -0.39 is 0 Å². The van der Waals surface area contributed by atoms with Crippen molar-refractivity contribution < 1.29 is 0 Å². The Bertz CT molecular complexity index is 199. The molecule has 0 aromatic rings. The number of nitrogens with two attached hydrogens (primary N) is 1. The van der Waals surface area contributed by atoms with Crippen molar-refractivity contribution in [2.75, 3.05) is 13.1 Å². The van der Waals surface area contributed by atoms with Crippen LogP contribution in [-0.2, 0) is 0 Å². The van der Waals surface area contributed by atoms with Crippen LogP contribution in [0, 0.1) is 12.3 Å². The average Bonchev–Trinajstić information content (AvgIpc) is 2.19. The third-order valence-corrected chi connectivity index (χ3v) is 3.32. The third kappa shape index (κ3) is 4.24. The van der Waals surface area contributed by atoms with Crippen LogP contribution in [0.3, 0.4) is 0 Å². The van der Waals surface area contributed by atoms with Crippen LogP contribution >= 0.6 is 0 Å². The Morgan fingerprint density at radius 1 is 1.33 bits per heavy atom. The zero-order valence-corrected chi connectivity index (χ0v) is 10.7. The van der Waals surface area contributed by atoms with Gasteiger partial charge in [-0.2, -0.15) is 0 Å². The van der Waals surface area contributed by atoms with Gasteiger partial charge in [-0.25, -0.2) is 0 Å². The van der Waals surface area contributed by atoms with Gasteiger partial charge in [0.25, 0.3) is 0 Å². The van der Waals surface area contributed by atoms with E-state index >= 15 is 0 Å². The summed E-state index contributed by atoms with van der Waals surface area (Å²) < 4.78 is 0. The molecule has 1 atom stereocenters. The van der Waals surface area contributed by atoms with Gasteiger partial charge in [0.1, 0.15) is 0 Å². The summed E-state index contributed by atoms with van der Waals surface area (Å²) in [6.07, 6.45) is 8.11. The molecule has 0 aliphatic carbocycles. The zero-order valence-electron chi connectivity index (χ0n) is 10.7. The number of rotatable bonds is 7. The minimum Gasteiger partial charge on any atom is -0.326 e. The number of unbranched alkanes of at least 4 members (excludes halogenated alkanes) is 1. The van der Waals surface area contributed by atoms with Crippen LogP contribution in [0.25, 0.3) is 0 Å². The van der Waals surface area contributed by atoms with Crippen molar-refractivity contribution in [3.63, 3.8) is 0 Å². The fourth-order valence-electron chi connectivity index (χ4n) is 2.05. The summed E-state index contributed by atoms with van der Waals surface area (Å²) in [6.45, 7) is 10.9. The maximum Gasteiger partial charge on any atom is 0.0303 e. The number of hydrogen-bond acceptors (Lipinski definition) is 2. The van der Waals surface area contributed by atoms with Gasteiger partial charge < -0.3 is 5.73 Å². The van der Waals surface area contributed by atoms with Crippen molar-refractivity contribution in [2.24, 2.45) is 5.73 Å². The molecule has 2 N–H and O–H groups in total. The number of terminal acetylenes is 1. The predicted octanol–water partition coefficient (Wildman–Crippen LogP) is 2.24. The molecule has 0 aliphatic heterocycles. The molecule has 1 unspecified atom stereocenters. The maximum absolute atomic E-state index is 6.23. The Labute approximate surface area is 95.2 Å². The van der Waals surface area contributed by atoms with Crippen LogP contribution in [0.15, 0.2) is 0 Å². The molecule has 2 nitrogen and oxygen atoms in total. The monoisotopic (exact) mass is 210 g/mol. The molecule has 0 bridgehead atoms. The summed E-state index contributed by atoms with van der Waals surface area (Å²) in [5, 5.41) is 0. The van der Waals surface area contributed by atoms with Crippen LogP contribution in [0.1, 0.15) is 47.0 Å². The molecule has 0 rings (SSSR count). The lowest BCUT2D eigenvalue weighted by molar-refractivity contribution is 0.103. The molecule has 0 aromatic carbocycles. The highest BCUT2D eigenvalue weighted by Gasteiger charge is 2.30. The smallest absolute Gasteiger partial charge is 0.0303 e. The Hall–Kier alpha value is -0.520. The Morgan fingerprint density at radius 2 is 1.87 bits per heavy atom. The second-order valence-electron chi connectivity index (χ2n) is 4.53. The molecule has 2 heteroatoms. The van der Waals surface area contributed by atoms with E-state index in [4.69, 9.17) is 12.2 Å². The number of hydrogen-bond donors (Lipinski definition) is 1. The lowest BCUT2D eigenvalue weighted by Gasteiger charge is -2.41. The van der Waals surface area contributed by atoms with Crippen LogP contribution in [-0.4, -0.2) is 29.6 Å². The molecule has 0 saturated heterocycles. The molecule has 0 aromatic heterocycles. The van der Waals surface area contributed by atoms with E-state index in [1.54, 1.807) is 0 Å². The minimum atomic E-state index is 0.0676. The SMILES string of the molecule is C#CCCCC(N)C(C)(C)N(CC)CC. The highest BCUT2D eigenvalue weighted by molar-refractivity contribution is 4.92. The van der Waals surface area contributed by atoms with Gasteiger partial charge in [-0.3, -0.25) is 4.90 Å². The molecule has 0 aliphatic rings. The summed E-state index contributed by atoms with van der Waals surface area (Å²) in [5.41, 5.74) is 6.30. The van der Waals surface area contributed by atoms with Gasteiger partial charge in [-0.1, -0.05) is 13.8 Å². The van der Waals surface area contributed by atoms with E-state index in [0.29, 0.717) is 0 Å². The van der Waals surface area contributed by atoms with Crippen molar-refractivity contribution in [3.05, 3.63) is 0 Å². The molecule has 0 heterocycles. The van der Waals surface area contributed by atoms with Crippen molar-refractivity contribution in [3.8, 4) is 12.3 Å². The topological polar surface area (TPSA) is 29.3 Å². The lowest BCUT2D eigenvalue weighted by Crippen LogP contribution is -2.55. The summed E-state index contributed by atoms with van der Waals surface area (Å²) in [5.74, 6) is 2.66. The maximum atomic E-state index is 6.23. The van der Waals surface area contributed by atoms with E-state index in [9.17, 15) is 0 Å². The van der Waals surface area contributed by atoms with Crippen LogP contribution < -0.4 is 5.73 Å². The van der Waals surface area contributed by atoms with Gasteiger partial charge >= 0.3 is 0 Å². The lowest BCUT2D eigenvalue weighted by atomic mass is 9.89. The van der Waals surface area contributed by atoms with Gasteiger partial charge in [-0.05, 0) is 39.8 Å². The molecule has 0 saturated carbocycles. The number of likely N-dealkylation sites (N-methyl/N-ethyl adjacent to an activating group) is 1. The summed E-state index contributed by atoms with van der Waals surface area (Å²) in [6, 6.07) is 0.200. The Morgan fingerprint density at radius 3 is 2.27 bits per heavy atom.